The Balaban J connectivity index is 2.12. The van der Waals surface area contributed by atoms with Crippen LogP contribution in [-0.2, 0) is 4.79 Å². The number of rotatable bonds is 6. The number of hydrogen-bond acceptors (Lipinski definition) is 2. The van der Waals surface area contributed by atoms with E-state index in [9.17, 15) is 9.59 Å². The van der Waals surface area contributed by atoms with Gasteiger partial charge < -0.3 is 0 Å². The van der Waals surface area contributed by atoms with Gasteiger partial charge in [-0.3, -0.25) is 9.59 Å². The van der Waals surface area contributed by atoms with Gasteiger partial charge in [-0.25, -0.2) is 0 Å². The van der Waals surface area contributed by atoms with Gasteiger partial charge in [0.05, 0.1) is 5.92 Å². The SMILES string of the molecule is CC(=O)C(C/C=C\c1ccccc1C)C(=O)c1ccccc1. The highest BCUT2D eigenvalue weighted by atomic mass is 16.1. The third kappa shape index (κ3) is 4.01. The summed E-state index contributed by atoms with van der Waals surface area (Å²) in [6.07, 6.45) is 4.32. The van der Waals surface area contributed by atoms with Gasteiger partial charge in [-0.15, -0.1) is 0 Å². The van der Waals surface area contributed by atoms with Gasteiger partial charge >= 0.3 is 0 Å². The van der Waals surface area contributed by atoms with Crippen LogP contribution in [0.25, 0.3) is 6.08 Å². The fraction of sp³-hybridized carbons (Fsp3) is 0.200. The summed E-state index contributed by atoms with van der Waals surface area (Å²) in [5.74, 6) is -0.812. The van der Waals surface area contributed by atoms with Gasteiger partial charge in [0.1, 0.15) is 5.78 Å². The van der Waals surface area contributed by atoms with Crippen LogP contribution >= 0.6 is 0 Å². The lowest BCUT2D eigenvalue weighted by atomic mass is 9.91. The summed E-state index contributed by atoms with van der Waals surface area (Å²) < 4.78 is 0. The predicted molar refractivity (Wildman–Crippen MR) is 89.8 cm³/mol. The molecule has 112 valence electrons. The van der Waals surface area contributed by atoms with E-state index in [-0.39, 0.29) is 11.6 Å². The van der Waals surface area contributed by atoms with E-state index in [2.05, 4.69) is 0 Å². The number of carbonyl (C=O) groups excluding carboxylic acids is 2. The summed E-state index contributed by atoms with van der Waals surface area (Å²) in [7, 11) is 0. The zero-order chi connectivity index (χ0) is 15.9. The molecule has 0 heterocycles. The Hall–Kier alpha value is -2.48. The molecular weight excluding hydrogens is 272 g/mol. The Bertz CT molecular complexity index is 684. The van der Waals surface area contributed by atoms with Crippen LogP contribution in [0.15, 0.2) is 60.7 Å². The molecule has 0 bridgehead atoms. The number of Topliss-reactive ketones (excluding diaryl/α,β-unsaturated/α-hetero) is 2. The molecule has 2 aromatic rings. The normalized spacial score (nSPS) is 12.3. The third-order valence-corrected chi connectivity index (χ3v) is 3.72. The quantitative estimate of drug-likeness (QED) is 0.581. The Morgan fingerprint density at radius 2 is 1.64 bits per heavy atom. The molecule has 0 saturated carbocycles. The standard InChI is InChI=1S/C20H20O2/c1-15-9-6-7-10-17(15)13-8-14-19(16(2)21)20(22)18-11-4-3-5-12-18/h3-13,19H,14H2,1-2H3/b13-8-. The monoisotopic (exact) mass is 292 g/mol. The van der Waals surface area contributed by atoms with Crippen LogP contribution in [-0.4, -0.2) is 11.6 Å². The molecule has 22 heavy (non-hydrogen) atoms. The van der Waals surface area contributed by atoms with Crippen molar-refractivity contribution in [2.24, 2.45) is 5.92 Å². The maximum absolute atomic E-state index is 12.4. The molecule has 1 atom stereocenters. The topological polar surface area (TPSA) is 34.1 Å². The zero-order valence-corrected chi connectivity index (χ0v) is 13.0. The van der Waals surface area contributed by atoms with Crippen LogP contribution in [0, 0.1) is 12.8 Å². The summed E-state index contributed by atoms with van der Waals surface area (Å²) in [6.45, 7) is 3.52. The minimum absolute atomic E-state index is 0.0942. The molecule has 0 fully saturated rings. The van der Waals surface area contributed by atoms with E-state index in [4.69, 9.17) is 0 Å². The fourth-order valence-corrected chi connectivity index (χ4v) is 2.37. The molecule has 2 heteroatoms. The Morgan fingerprint density at radius 1 is 1.00 bits per heavy atom. The van der Waals surface area contributed by atoms with Crippen LogP contribution < -0.4 is 0 Å². The fourth-order valence-electron chi connectivity index (χ4n) is 2.37. The van der Waals surface area contributed by atoms with E-state index in [0.29, 0.717) is 12.0 Å². The van der Waals surface area contributed by atoms with Crippen molar-refractivity contribution < 1.29 is 9.59 Å². The second-order valence-corrected chi connectivity index (χ2v) is 5.39. The molecule has 0 aliphatic heterocycles. The molecule has 0 aromatic heterocycles. The minimum atomic E-state index is -0.609. The highest BCUT2D eigenvalue weighted by molar-refractivity contribution is 6.10. The first kappa shape index (κ1) is 15.9. The number of allylic oxidation sites excluding steroid dienone is 1. The molecular formula is C20H20O2. The van der Waals surface area contributed by atoms with Crippen molar-refractivity contribution in [3.05, 3.63) is 77.4 Å². The average molecular weight is 292 g/mol. The van der Waals surface area contributed by atoms with Crippen molar-refractivity contribution in [3.63, 3.8) is 0 Å². The highest BCUT2D eigenvalue weighted by Gasteiger charge is 2.22. The summed E-state index contributed by atoms with van der Waals surface area (Å²) in [4.78, 5) is 24.3. The first-order valence-electron chi connectivity index (χ1n) is 7.41. The van der Waals surface area contributed by atoms with Gasteiger partial charge in [-0.1, -0.05) is 66.7 Å². The third-order valence-electron chi connectivity index (χ3n) is 3.72. The van der Waals surface area contributed by atoms with Crippen LogP contribution in [0.1, 0.15) is 34.8 Å². The number of benzene rings is 2. The zero-order valence-electron chi connectivity index (χ0n) is 13.0. The Morgan fingerprint density at radius 3 is 2.27 bits per heavy atom. The van der Waals surface area contributed by atoms with E-state index < -0.39 is 5.92 Å². The smallest absolute Gasteiger partial charge is 0.173 e. The van der Waals surface area contributed by atoms with Gasteiger partial charge in [-0.2, -0.15) is 0 Å². The second-order valence-electron chi connectivity index (χ2n) is 5.39. The van der Waals surface area contributed by atoms with Gasteiger partial charge in [0, 0.05) is 5.56 Å². The molecule has 2 aromatic carbocycles. The number of ketones is 2. The molecule has 0 N–H and O–H groups in total. The minimum Gasteiger partial charge on any atom is -0.299 e. The molecule has 1 unspecified atom stereocenters. The van der Waals surface area contributed by atoms with Crippen LogP contribution in [0.4, 0.5) is 0 Å². The number of aryl methyl sites for hydroxylation is 1. The van der Waals surface area contributed by atoms with Gasteiger partial charge in [-0.05, 0) is 31.4 Å². The largest absolute Gasteiger partial charge is 0.299 e. The molecule has 0 spiro atoms. The lowest BCUT2D eigenvalue weighted by molar-refractivity contribution is -0.119. The Kier molecular flexibility index (Phi) is 5.42. The molecule has 0 aliphatic rings. The second kappa shape index (κ2) is 7.51. The lowest BCUT2D eigenvalue weighted by Crippen LogP contribution is -2.21. The van der Waals surface area contributed by atoms with Crippen molar-refractivity contribution in [2.45, 2.75) is 20.3 Å². The molecule has 0 saturated heterocycles. The van der Waals surface area contributed by atoms with E-state index in [1.807, 2.05) is 61.5 Å². The summed E-state index contributed by atoms with van der Waals surface area (Å²) in [5.41, 5.74) is 2.87. The van der Waals surface area contributed by atoms with E-state index >= 15 is 0 Å². The first-order valence-corrected chi connectivity index (χ1v) is 7.41. The van der Waals surface area contributed by atoms with Gasteiger partial charge in [0.15, 0.2) is 5.78 Å². The average Bonchev–Trinajstić information content (AvgIpc) is 2.53. The van der Waals surface area contributed by atoms with E-state index in [0.717, 1.165) is 5.56 Å². The number of carbonyl (C=O) groups is 2. The number of hydrogen-bond donors (Lipinski definition) is 0. The van der Waals surface area contributed by atoms with Crippen molar-refractivity contribution in [2.75, 3.05) is 0 Å². The van der Waals surface area contributed by atoms with Crippen molar-refractivity contribution >= 4 is 17.6 Å². The van der Waals surface area contributed by atoms with Crippen LogP contribution in [0.3, 0.4) is 0 Å². The van der Waals surface area contributed by atoms with Crippen molar-refractivity contribution in [3.8, 4) is 0 Å². The molecule has 2 nitrogen and oxygen atoms in total. The summed E-state index contributed by atoms with van der Waals surface area (Å²) >= 11 is 0. The van der Waals surface area contributed by atoms with Gasteiger partial charge in [0.2, 0.25) is 0 Å². The van der Waals surface area contributed by atoms with Gasteiger partial charge in [0.25, 0.3) is 0 Å². The summed E-state index contributed by atoms with van der Waals surface area (Å²) in [6, 6.07) is 17.0. The molecule has 0 amide bonds. The Labute approximate surface area is 131 Å². The van der Waals surface area contributed by atoms with Crippen LogP contribution in [0.5, 0.6) is 0 Å². The maximum Gasteiger partial charge on any atom is 0.173 e. The van der Waals surface area contributed by atoms with Crippen LogP contribution in [0.2, 0.25) is 0 Å². The highest BCUT2D eigenvalue weighted by Crippen LogP contribution is 2.16. The van der Waals surface area contributed by atoms with Crippen molar-refractivity contribution in [1.82, 2.24) is 0 Å². The van der Waals surface area contributed by atoms with Crippen molar-refractivity contribution in [1.29, 1.82) is 0 Å². The predicted octanol–water partition coefficient (Wildman–Crippen LogP) is 4.49. The van der Waals surface area contributed by atoms with E-state index in [1.165, 1.54) is 12.5 Å². The summed E-state index contributed by atoms with van der Waals surface area (Å²) in [5, 5.41) is 0. The lowest BCUT2D eigenvalue weighted by Gasteiger charge is -2.10. The molecule has 0 radical (unpaired) electrons. The molecule has 2 rings (SSSR count). The molecule has 0 aliphatic carbocycles. The first-order chi connectivity index (χ1) is 10.6. The maximum atomic E-state index is 12.4. The van der Waals surface area contributed by atoms with E-state index in [1.54, 1.807) is 12.1 Å².